The van der Waals surface area contributed by atoms with E-state index in [2.05, 4.69) is 24.3 Å². The summed E-state index contributed by atoms with van der Waals surface area (Å²) in [7, 11) is 0. The Hall–Kier alpha value is -0.870. The average Bonchev–Trinajstić information content (AvgIpc) is 2.44. The van der Waals surface area contributed by atoms with E-state index >= 15 is 0 Å². The zero-order chi connectivity index (χ0) is 11.4. The number of aryl methyl sites for hydroxylation is 2. The molecule has 0 aliphatic heterocycles. The zero-order valence-corrected chi connectivity index (χ0v) is 10.0. The van der Waals surface area contributed by atoms with Crippen LogP contribution in [-0.2, 0) is 13.1 Å². The third kappa shape index (κ3) is 3.04. The first kappa shape index (κ1) is 12.2. The molecular weight excluding hydrogens is 190 g/mol. The van der Waals surface area contributed by atoms with Crippen molar-refractivity contribution < 1.29 is 5.11 Å². The minimum Gasteiger partial charge on any atom is -0.392 e. The van der Waals surface area contributed by atoms with E-state index in [4.69, 9.17) is 5.11 Å². The molecule has 0 radical (unpaired) electrons. The smallest absolute Gasteiger partial charge is 0.0641 e. The van der Waals surface area contributed by atoms with Crippen LogP contribution in [-0.4, -0.2) is 27.5 Å². The van der Waals surface area contributed by atoms with E-state index in [1.165, 1.54) is 11.3 Å². The van der Waals surface area contributed by atoms with E-state index in [9.17, 15) is 0 Å². The fraction of sp³-hybridized carbons (Fsp3) is 0.727. The first-order chi connectivity index (χ1) is 7.06. The van der Waals surface area contributed by atoms with Crippen LogP contribution in [0, 0.1) is 13.8 Å². The molecule has 0 aliphatic carbocycles. The first-order valence-corrected chi connectivity index (χ1v) is 5.48. The fourth-order valence-electron chi connectivity index (χ4n) is 1.70. The summed E-state index contributed by atoms with van der Waals surface area (Å²) in [4.78, 5) is 0. The van der Waals surface area contributed by atoms with Gasteiger partial charge in [-0.15, -0.1) is 0 Å². The SMILES string of the molecule is CCn1nc(C)c(CNC[C@H](C)O)c1C. The topological polar surface area (TPSA) is 50.1 Å². The lowest BCUT2D eigenvalue weighted by molar-refractivity contribution is 0.191. The quantitative estimate of drug-likeness (QED) is 0.763. The molecule has 15 heavy (non-hydrogen) atoms. The molecule has 0 saturated carbocycles. The first-order valence-electron chi connectivity index (χ1n) is 5.48. The van der Waals surface area contributed by atoms with Crippen LogP contribution in [0.2, 0.25) is 0 Å². The molecule has 1 heterocycles. The summed E-state index contributed by atoms with van der Waals surface area (Å²) in [5.74, 6) is 0. The highest BCUT2D eigenvalue weighted by atomic mass is 16.3. The van der Waals surface area contributed by atoms with Crippen LogP contribution in [0.15, 0.2) is 0 Å². The number of aliphatic hydroxyl groups is 1. The van der Waals surface area contributed by atoms with Crippen LogP contribution in [0.25, 0.3) is 0 Å². The molecule has 0 saturated heterocycles. The summed E-state index contributed by atoms with van der Waals surface area (Å²) in [5, 5.41) is 16.8. The van der Waals surface area contributed by atoms with E-state index < -0.39 is 0 Å². The summed E-state index contributed by atoms with van der Waals surface area (Å²) in [6, 6.07) is 0. The Balaban J connectivity index is 2.64. The summed E-state index contributed by atoms with van der Waals surface area (Å²) in [6.07, 6.45) is -0.299. The second kappa shape index (κ2) is 5.28. The number of hydrogen-bond acceptors (Lipinski definition) is 3. The predicted molar refractivity (Wildman–Crippen MR) is 60.8 cm³/mol. The van der Waals surface area contributed by atoms with Gasteiger partial charge in [0.2, 0.25) is 0 Å². The maximum atomic E-state index is 9.14. The van der Waals surface area contributed by atoms with Crippen LogP contribution in [0.3, 0.4) is 0 Å². The molecule has 2 N–H and O–H groups in total. The van der Waals surface area contributed by atoms with Crippen molar-refractivity contribution in [3.05, 3.63) is 17.0 Å². The normalized spacial score (nSPS) is 13.1. The van der Waals surface area contributed by atoms with E-state index in [-0.39, 0.29) is 6.10 Å². The predicted octanol–water partition coefficient (Wildman–Crippen LogP) is 0.990. The van der Waals surface area contributed by atoms with Gasteiger partial charge < -0.3 is 10.4 Å². The Labute approximate surface area is 91.3 Å². The molecule has 1 aromatic heterocycles. The van der Waals surface area contributed by atoms with E-state index in [0.717, 1.165) is 18.8 Å². The summed E-state index contributed by atoms with van der Waals surface area (Å²) >= 11 is 0. The number of rotatable bonds is 5. The lowest BCUT2D eigenvalue weighted by Crippen LogP contribution is -2.24. The zero-order valence-electron chi connectivity index (χ0n) is 10.0. The lowest BCUT2D eigenvalue weighted by Gasteiger charge is -2.07. The van der Waals surface area contributed by atoms with Gasteiger partial charge >= 0.3 is 0 Å². The Bertz CT molecular complexity index is 318. The molecule has 0 aliphatic rings. The molecule has 1 aromatic rings. The van der Waals surface area contributed by atoms with Crippen molar-refractivity contribution in [2.45, 2.75) is 46.9 Å². The summed E-state index contributed by atoms with van der Waals surface area (Å²) < 4.78 is 2.01. The van der Waals surface area contributed by atoms with Crippen molar-refractivity contribution in [1.29, 1.82) is 0 Å². The van der Waals surface area contributed by atoms with Crippen LogP contribution in [0.1, 0.15) is 30.8 Å². The average molecular weight is 211 g/mol. The van der Waals surface area contributed by atoms with Gasteiger partial charge in [0.1, 0.15) is 0 Å². The molecular formula is C11H21N3O. The van der Waals surface area contributed by atoms with Gasteiger partial charge in [-0.1, -0.05) is 0 Å². The van der Waals surface area contributed by atoms with Crippen LogP contribution in [0.4, 0.5) is 0 Å². The maximum Gasteiger partial charge on any atom is 0.0641 e. The molecule has 0 fully saturated rings. The Morgan fingerprint density at radius 3 is 2.60 bits per heavy atom. The highest BCUT2D eigenvalue weighted by Gasteiger charge is 2.09. The van der Waals surface area contributed by atoms with Crippen LogP contribution < -0.4 is 5.32 Å². The molecule has 0 aromatic carbocycles. The van der Waals surface area contributed by atoms with Crippen molar-refractivity contribution in [1.82, 2.24) is 15.1 Å². The van der Waals surface area contributed by atoms with Crippen molar-refractivity contribution >= 4 is 0 Å². The van der Waals surface area contributed by atoms with Crippen LogP contribution >= 0.6 is 0 Å². The molecule has 0 bridgehead atoms. The Morgan fingerprint density at radius 1 is 1.47 bits per heavy atom. The lowest BCUT2D eigenvalue weighted by atomic mass is 10.2. The minimum atomic E-state index is -0.299. The Kier molecular flexibility index (Phi) is 4.29. The summed E-state index contributed by atoms with van der Waals surface area (Å²) in [5.41, 5.74) is 3.54. The second-order valence-corrected chi connectivity index (χ2v) is 3.95. The van der Waals surface area contributed by atoms with Gasteiger partial charge in [-0.2, -0.15) is 5.10 Å². The molecule has 1 atom stereocenters. The van der Waals surface area contributed by atoms with Gasteiger partial charge in [0.25, 0.3) is 0 Å². The number of aromatic nitrogens is 2. The number of nitrogens with zero attached hydrogens (tertiary/aromatic N) is 2. The fourth-order valence-corrected chi connectivity index (χ4v) is 1.70. The molecule has 4 nitrogen and oxygen atoms in total. The van der Waals surface area contributed by atoms with Crippen molar-refractivity contribution in [3.8, 4) is 0 Å². The van der Waals surface area contributed by atoms with E-state index in [0.29, 0.717) is 6.54 Å². The Morgan fingerprint density at radius 2 is 2.13 bits per heavy atom. The van der Waals surface area contributed by atoms with Gasteiger partial charge in [-0.05, 0) is 27.7 Å². The molecule has 0 unspecified atom stereocenters. The van der Waals surface area contributed by atoms with E-state index in [1.807, 2.05) is 11.6 Å². The van der Waals surface area contributed by atoms with Gasteiger partial charge in [0.15, 0.2) is 0 Å². The number of nitrogens with one attached hydrogen (secondary N) is 1. The minimum absolute atomic E-state index is 0.299. The van der Waals surface area contributed by atoms with Crippen molar-refractivity contribution in [2.75, 3.05) is 6.54 Å². The summed E-state index contributed by atoms with van der Waals surface area (Å²) in [6.45, 7) is 10.3. The number of hydrogen-bond donors (Lipinski definition) is 2. The maximum absolute atomic E-state index is 9.14. The van der Waals surface area contributed by atoms with Crippen molar-refractivity contribution in [2.24, 2.45) is 0 Å². The number of aliphatic hydroxyl groups excluding tert-OH is 1. The molecule has 1 rings (SSSR count). The highest BCUT2D eigenvalue weighted by Crippen LogP contribution is 2.12. The third-order valence-corrected chi connectivity index (χ3v) is 2.57. The highest BCUT2D eigenvalue weighted by molar-refractivity contribution is 5.24. The molecule has 0 spiro atoms. The standard InChI is InChI=1S/C11H21N3O/c1-5-14-10(4)11(9(3)13-14)7-12-6-8(2)15/h8,12,15H,5-7H2,1-4H3/t8-/m0/s1. The van der Waals surface area contributed by atoms with Gasteiger partial charge in [0.05, 0.1) is 11.8 Å². The largest absolute Gasteiger partial charge is 0.392 e. The van der Waals surface area contributed by atoms with Crippen LogP contribution in [0.5, 0.6) is 0 Å². The molecule has 4 heteroatoms. The van der Waals surface area contributed by atoms with Crippen molar-refractivity contribution in [3.63, 3.8) is 0 Å². The third-order valence-electron chi connectivity index (χ3n) is 2.57. The van der Waals surface area contributed by atoms with Gasteiger partial charge in [-0.3, -0.25) is 4.68 Å². The monoisotopic (exact) mass is 211 g/mol. The van der Waals surface area contributed by atoms with Gasteiger partial charge in [-0.25, -0.2) is 0 Å². The molecule has 86 valence electrons. The van der Waals surface area contributed by atoms with Gasteiger partial charge in [0, 0.05) is 30.9 Å². The molecule has 0 amide bonds. The van der Waals surface area contributed by atoms with E-state index in [1.54, 1.807) is 6.92 Å². The second-order valence-electron chi connectivity index (χ2n) is 3.95.